The number of carboxylic acid groups (broad SMARTS) is 1. The molecular formula is C59H87N13O10S. The van der Waals surface area contributed by atoms with Crippen molar-refractivity contribution in [2.24, 2.45) is 45.7 Å². The number of para-hydroxylation sites is 1. The van der Waals surface area contributed by atoms with E-state index in [4.69, 9.17) is 22.9 Å². The van der Waals surface area contributed by atoms with Crippen molar-refractivity contribution in [2.75, 3.05) is 31.6 Å². The Hall–Kier alpha value is -7.70. The van der Waals surface area contributed by atoms with E-state index >= 15 is 0 Å². The number of fused-ring (bicyclic) bond motifs is 1. The fraction of sp³-hybridized carbons (Fsp3) is 0.508. The number of unbranched alkanes of at least 4 members (excludes halogenated alkanes) is 1. The van der Waals surface area contributed by atoms with E-state index < -0.39 is 107 Å². The first-order valence-corrected chi connectivity index (χ1v) is 29.7. The number of hydrogen-bond acceptors (Lipinski definition) is 13. The number of benzene rings is 3. The Balaban J connectivity index is 1.58. The molecule has 0 aliphatic heterocycles. The molecule has 1 aromatic heterocycles. The largest absolute Gasteiger partial charge is 0.508 e. The van der Waals surface area contributed by atoms with Gasteiger partial charge in [-0.25, -0.2) is 0 Å². The second-order valence-electron chi connectivity index (χ2n) is 21.4. The molecule has 3 aromatic carbocycles. The van der Waals surface area contributed by atoms with Gasteiger partial charge in [0.1, 0.15) is 42.0 Å². The minimum Gasteiger partial charge on any atom is -0.508 e. The average Bonchev–Trinajstić information content (AvgIpc) is 4.15. The Morgan fingerprint density at radius 3 is 1.75 bits per heavy atom. The van der Waals surface area contributed by atoms with Crippen LogP contribution in [0.15, 0.2) is 90.1 Å². The fourth-order valence-electron chi connectivity index (χ4n) is 9.37. The molecule has 1 heterocycles. The van der Waals surface area contributed by atoms with Crippen LogP contribution in [-0.2, 0) is 57.6 Å². The summed E-state index contributed by atoms with van der Waals surface area (Å²) in [7, 11) is 0. The number of aryl methyl sites for hydroxylation is 1. The second-order valence-corrected chi connectivity index (χ2v) is 22.4. The van der Waals surface area contributed by atoms with Crippen LogP contribution in [0, 0.1) is 17.8 Å². The van der Waals surface area contributed by atoms with E-state index in [0.29, 0.717) is 61.9 Å². The number of carbonyl (C=O) groups excluding carboxylic acids is 7. The zero-order valence-corrected chi connectivity index (χ0v) is 49.1. The minimum absolute atomic E-state index is 0.0180. The van der Waals surface area contributed by atoms with Crippen molar-refractivity contribution in [3.8, 4) is 5.75 Å². The number of aromatic hydroxyl groups is 1. The molecule has 0 fully saturated rings. The summed E-state index contributed by atoms with van der Waals surface area (Å²) in [6.07, 6.45) is 6.08. The molecule has 83 heavy (non-hydrogen) atoms. The first-order chi connectivity index (χ1) is 39.6. The van der Waals surface area contributed by atoms with Gasteiger partial charge in [-0.05, 0) is 110 Å². The van der Waals surface area contributed by atoms with Gasteiger partial charge in [-0.15, -0.1) is 0 Å². The molecule has 0 radical (unpaired) electrons. The smallest absolute Gasteiger partial charge is 0.305 e. The Labute approximate surface area is 490 Å². The number of nitrogens with two attached hydrogens (primary N) is 4. The summed E-state index contributed by atoms with van der Waals surface area (Å²) >= 11 is 1.42. The summed E-state index contributed by atoms with van der Waals surface area (Å²) in [6, 6.07) is 14.7. The maximum absolute atomic E-state index is 14.6. The van der Waals surface area contributed by atoms with Crippen LogP contribution >= 0.6 is 11.8 Å². The number of rotatable bonds is 37. The Morgan fingerprint density at radius 2 is 1.14 bits per heavy atom. The van der Waals surface area contributed by atoms with Gasteiger partial charge in [-0.1, -0.05) is 94.8 Å². The van der Waals surface area contributed by atoms with E-state index in [1.807, 2.05) is 60.9 Å². The molecule has 0 saturated heterocycles. The molecule has 0 aliphatic rings. The Morgan fingerprint density at radius 1 is 0.590 bits per heavy atom. The summed E-state index contributed by atoms with van der Waals surface area (Å²) in [5.41, 5.74) is 25.6. The molecule has 4 aromatic rings. The fourth-order valence-corrected chi connectivity index (χ4v) is 9.84. The zero-order valence-electron chi connectivity index (χ0n) is 48.3. The predicted octanol–water partition coefficient (Wildman–Crippen LogP) is 1.98. The van der Waals surface area contributed by atoms with Gasteiger partial charge in [0.15, 0.2) is 5.96 Å². The van der Waals surface area contributed by atoms with Gasteiger partial charge in [-0.3, -0.25) is 43.3 Å². The van der Waals surface area contributed by atoms with E-state index in [0.717, 1.165) is 16.5 Å². The number of phenolic OH excluding ortho intramolecular Hbond substituents is 1. The van der Waals surface area contributed by atoms with Crippen LogP contribution in [0.4, 0.5) is 0 Å². The molecule has 8 atom stereocenters. The van der Waals surface area contributed by atoms with Gasteiger partial charge in [0.05, 0.1) is 12.3 Å². The molecule has 454 valence electrons. The van der Waals surface area contributed by atoms with Crippen LogP contribution in [0.5, 0.6) is 5.75 Å². The Kier molecular flexibility index (Phi) is 28.9. The highest BCUT2D eigenvalue weighted by molar-refractivity contribution is 7.98. The van der Waals surface area contributed by atoms with Crippen molar-refractivity contribution in [2.45, 2.75) is 141 Å². The highest BCUT2D eigenvalue weighted by atomic mass is 32.2. The highest BCUT2D eigenvalue weighted by Gasteiger charge is 2.36. The maximum Gasteiger partial charge on any atom is 0.305 e. The third kappa shape index (κ3) is 23.2. The summed E-state index contributed by atoms with van der Waals surface area (Å²) in [4.78, 5) is 119. The van der Waals surface area contributed by atoms with Crippen molar-refractivity contribution in [1.29, 1.82) is 0 Å². The molecule has 0 saturated carbocycles. The third-order valence-corrected chi connectivity index (χ3v) is 14.8. The zero-order chi connectivity index (χ0) is 61.0. The van der Waals surface area contributed by atoms with Gasteiger partial charge in [0.25, 0.3) is 0 Å². The number of hydrogen-bond donors (Lipinski definition) is 14. The summed E-state index contributed by atoms with van der Waals surface area (Å²) in [5, 5.41) is 40.4. The number of phenols is 1. The number of aliphatic carboxylic acids is 1. The normalized spacial score (nSPS) is 14.2. The van der Waals surface area contributed by atoms with Crippen LogP contribution in [0.25, 0.3) is 10.9 Å². The van der Waals surface area contributed by atoms with Crippen LogP contribution in [-0.4, -0.2) is 142 Å². The molecule has 0 spiro atoms. The maximum atomic E-state index is 14.6. The number of aliphatic imine (C=N–C) groups is 1. The number of aromatic nitrogens is 1. The lowest BCUT2D eigenvalue weighted by atomic mass is 9.97. The average molecular weight is 1170 g/mol. The quantitative estimate of drug-likeness (QED) is 0.0174. The summed E-state index contributed by atoms with van der Waals surface area (Å²) in [6.45, 7) is 7.42. The minimum atomic E-state index is -1.33. The van der Waals surface area contributed by atoms with Crippen molar-refractivity contribution in [3.05, 3.63) is 102 Å². The van der Waals surface area contributed by atoms with Gasteiger partial charge in [-0.2, -0.15) is 11.8 Å². The van der Waals surface area contributed by atoms with Crippen molar-refractivity contribution >= 4 is 75.9 Å². The number of guanidine groups is 1. The molecule has 7 amide bonds. The number of nitrogens with one attached hydrogen (secondary N) is 8. The van der Waals surface area contributed by atoms with E-state index in [1.165, 1.54) is 23.9 Å². The van der Waals surface area contributed by atoms with E-state index in [2.05, 4.69) is 47.2 Å². The van der Waals surface area contributed by atoms with Gasteiger partial charge >= 0.3 is 5.97 Å². The molecule has 18 N–H and O–H groups in total. The second kappa shape index (κ2) is 35.3. The lowest BCUT2D eigenvalue weighted by Gasteiger charge is -2.30. The predicted molar refractivity (Wildman–Crippen MR) is 322 cm³/mol. The van der Waals surface area contributed by atoms with Crippen LogP contribution in [0.2, 0.25) is 0 Å². The lowest BCUT2D eigenvalue weighted by Crippen LogP contribution is -2.62. The molecule has 24 heteroatoms. The number of thioether (sulfide) groups is 1. The van der Waals surface area contributed by atoms with Crippen molar-refractivity contribution < 1.29 is 48.6 Å². The molecule has 0 aliphatic carbocycles. The number of carboxylic acids is 1. The first kappa shape index (κ1) is 67.8. The van der Waals surface area contributed by atoms with Crippen LogP contribution in [0.3, 0.4) is 0 Å². The van der Waals surface area contributed by atoms with Gasteiger partial charge < -0.3 is 75.3 Å². The standard InChI is InChI=1S/C59H87N13O10S/c1-35(2)50(57(81)68-46(26-29-83-5)54(78)70-48(31-40-34-65-44-19-10-9-18-43(40)44)55(79)66-41(32-49(74)75)17-11-12-27-60)72-58(82)51(36(3)4)71-56(80)47(30-38-20-23-42(73)24-21-38)69-53(77)45(25-22-37-14-7-6-8-15-37)67-52(76)39(33-61)16-13-28-64-59(62)63/h6-10,14-15,18-21,23-24,34-36,39,41,45-48,50-51,65,73H,11-13,16-17,22,25-33,60-61H2,1-5H3,(H,66,79)(H,67,76)(H,68,81)(H,69,77)(H,70,78)(H,71,80)(H,72,82)(H,74,75)(H4,62,63,64)/t39-,41+,45+,46+,47+,48+,50+,51+/m1/s1. The molecule has 0 unspecified atom stereocenters. The van der Waals surface area contributed by atoms with E-state index in [9.17, 15) is 48.6 Å². The number of H-pyrrole nitrogens is 1. The van der Waals surface area contributed by atoms with E-state index in [1.54, 1.807) is 46.0 Å². The third-order valence-electron chi connectivity index (χ3n) is 14.1. The topological polar surface area (TPSA) is 393 Å². The van der Waals surface area contributed by atoms with E-state index in [-0.39, 0.29) is 56.9 Å². The molecule has 0 bridgehead atoms. The van der Waals surface area contributed by atoms with Crippen LogP contribution in [0.1, 0.15) is 95.8 Å². The van der Waals surface area contributed by atoms with Crippen molar-refractivity contribution in [3.63, 3.8) is 0 Å². The number of carbonyl (C=O) groups is 8. The number of aromatic amines is 1. The SMILES string of the molecule is CSCC[C@H](NC(=O)[C@@H](NC(=O)[C@@H](NC(=O)[C@H](Cc1ccc(O)cc1)NC(=O)[C@H](CCc1ccccc1)NC(=O)[C@@H](CN)CCCN=C(N)N)C(C)C)C(C)C)C(=O)N[C@@H](Cc1c[nH]c2ccccc12)C(=O)N[C@@H](CCCCN)CC(=O)O. The summed E-state index contributed by atoms with van der Waals surface area (Å²) < 4.78 is 0. The molecular weight excluding hydrogens is 1080 g/mol. The highest BCUT2D eigenvalue weighted by Crippen LogP contribution is 2.21. The number of nitrogens with zero attached hydrogens (tertiary/aromatic N) is 1. The lowest BCUT2D eigenvalue weighted by molar-refractivity contribution is -0.138. The van der Waals surface area contributed by atoms with Crippen LogP contribution < -0.4 is 60.2 Å². The van der Waals surface area contributed by atoms with Gasteiger partial charge in [0.2, 0.25) is 41.4 Å². The molecule has 23 nitrogen and oxygen atoms in total. The Bertz CT molecular complexity index is 2760. The monoisotopic (exact) mass is 1170 g/mol. The number of amides is 7. The summed E-state index contributed by atoms with van der Waals surface area (Å²) in [5.74, 6) is -7.31. The van der Waals surface area contributed by atoms with Crippen molar-refractivity contribution in [1.82, 2.24) is 42.2 Å². The molecule has 4 rings (SSSR count). The first-order valence-electron chi connectivity index (χ1n) is 28.3. The van der Waals surface area contributed by atoms with Gasteiger partial charge in [0, 0.05) is 49.1 Å².